The Hall–Kier alpha value is -0.850. The van der Waals surface area contributed by atoms with Crippen molar-refractivity contribution in [1.29, 1.82) is 0 Å². The molecule has 0 aromatic carbocycles. The lowest BCUT2D eigenvalue weighted by atomic mass is 9.88. The zero-order chi connectivity index (χ0) is 12.3. The van der Waals surface area contributed by atoms with Crippen molar-refractivity contribution in [2.75, 3.05) is 0 Å². The normalized spacial score (nSPS) is 12.2. The first kappa shape index (κ1) is 13.2. The number of hydrogen-bond donors (Lipinski definition) is 0. The molecule has 1 rings (SSSR count). The van der Waals surface area contributed by atoms with E-state index < -0.39 is 0 Å². The molecule has 0 aliphatic heterocycles. The van der Waals surface area contributed by atoms with Crippen LogP contribution in [0.2, 0.25) is 0 Å². The molecule has 0 atom stereocenters. The van der Waals surface area contributed by atoms with Crippen molar-refractivity contribution in [3.63, 3.8) is 0 Å². The molecule has 0 unspecified atom stereocenters. The SMILES string of the molecule is Cc1ccc(C(C)C)c(CCC(C)(C)C)n1. The summed E-state index contributed by atoms with van der Waals surface area (Å²) in [5, 5.41) is 0. The second kappa shape index (κ2) is 4.99. The summed E-state index contributed by atoms with van der Waals surface area (Å²) in [4.78, 5) is 4.70. The van der Waals surface area contributed by atoms with Crippen LogP contribution in [-0.2, 0) is 6.42 Å². The fourth-order valence-corrected chi connectivity index (χ4v) is 1.84. The highest BCUT2D eigenvalue weighted by molar-refractivity contribution is 5.25. The van der Waals surface area contributed by atoms with Crippen LogP contribution in [0, 0.1) is 12.3 Å². The zero-order valence-corrected chi connectivity index (χ0v) is 11.6. The lowest BCUT2D eigenvalue weighted by Gasteiger charge is -2.19. The fourth-order valence-electron chi connectivity index (χ4n) is 1.84. The lowest BCUT2D eigenvalue weighted by molar-refractivity contribution is 0.375. The lowest BCUT2D eigenvalue weighted by Crippen LogP contribution is -2.09. The maximum absolute atomic E-state index is 4.70. The van der Waals surface area contributed by atoms with Crippen LogP contribution in [0.15, 0.2) is 12.1 Å². The van der Waals surface area contributed by atoms with Gasteiger partial charge in [0.2, 0.25) is 0 Å². The molecule has 90 valence electrons. The quantitative estimate of drug-likeness (QED) is 0.729. The zero-order valence-electron chi connectivity index (χ0n) is 11.6. The summed E-state index contributed by atoms with van der Waals surface area (Å²) in [5.74, 6) is 0.572. The van der Waals surface area contributed by atoms with Gasteiger partial charge in [0.25, 0.3) is 0 Å². The second-order valence-corrected chi connectivity index (χ2v) is 6.20. The van der Waals surface area contributed by atoms with Crippen LogP contribution in [0.25, 0.3) is 0 Å². The molecule has 0 saturated heterocycles. The Morgan fingerprint density at radius 3 is 2.31 bits per heavy atom. The van der Waals surface area contributed by atoms with E-state index in [1.54, 1.807) is 0 Å². The molecule has 1 nitrogen and oxygen atoms in total. The predicted molar refractivity (Wildman–Crippen MR) is 70.8 cm³/mol. The van der Waals surface area contributed by atoms with Gasteiger partial charge >= 0.3 is 0 Å². The van der Waals surface area contributed by atoms with E-state index in [2.05, 4.69) is 53.7 Å². The third-order valence-corrected chi connectivity index (χ3v) is 2.88. The van der Waals surface area contributed by atoms with Gasteiger partial charge in [0.1, 0.15) is 0 Å². The smallest absolute Gasteiger partial charge is 0.0441 e. The van der Waals surface area contributed by atoms with Crippen LogP contribution in [0.4, 0.5) is 0 Å². The summed E-state index contributed by atoms with van der Waals surface area (Å²) in [6.45, 7) is 13.4. The third-order valence-electron chi connectivity index (χ3n) is 2.88. The number of aryl methyl sites for hydroxylation is 2. The summed E-state index contributed by atoms with van der Waals surface area (Å²) >= 11 is 0. The van der Waals surface area contributed by atoms with Gasteiger partial charge in [-0.05, 0) is 42.7 Å². The molecule has 0 radical (unpaired) electrons. The molecule has 1 heterocycles. The minimum atomic E-state index is 0.389. The highest BCUT2D eigenvalue weighted by atomic mass is 14.7. The minimum absolute atomic E-state index is 0.389. The highest BCUT2D eigenvalue weighted by Gasteiger charge is 2.14. The average molecular weight is 219 g/mol. The van der Waals surface area contributed by atoms with Gasteiger partial charge < -0.3 is 0 Å². The molecule has 16 heavy (non-hydrogen) atoms. The van der Waals surface area contributed by atoms with Gasteiger partial charge in [-0.1, -0.05) is 40.7 Å². The molecule has 1 aromatic rings. The maximum Gasteiger partial charge on any atom is 0.0441 e. The first-order valence-electron chi connectivity index (χ1n) is 6.26. The van der Waals surface area contributed by atoms with Crippen LogP contribution < -0.4 is 0 Å². The van der Waals surface area contributed by atoms with Crippen molar-refractivity contribution < 1.29 is 0 Å². The molecule has 0 amide bonds. The Labute approximate surface area is 100 Å². The Kier molecular flexibility index (Phi) is 4.12. The number of aromatic nitrogens is 1. The minimum Gasteiger partial charge on any atom is -0.258 e. The fraction of sp³-hybridized carbons (Fsp3) is 0.667. The van der Waals surface area contributed by atoms with Crippen LogP contribution >= 0.6 is 0 Å². The maximum atomic E-state index is 4.70. The van der Waals surface area contributed by atoms with Crippen LogP contribution in [-0.4, -0.2) is 4.98 Å². The van der Waals surface area contributed by atoms with Crippen molar-refractivity contribution in [2.24, 2.45) is 5.41 Å². The van der Waals surface area contributed by atoms with E-state index >= 15 is 0 Å². The van der Waals surface area contributed by atoms with E-state index in [1.807, 2.05) is 0 Å². The van der Waals surface area contributed by atoms with E-state index in [4.69, 9.17) is 4.98 Å². The Morgan fingerprint density at radius 1 is 1.19 bits per heavy atom. The average Bonchev–Trinajstić information content (AvgIpc) is 2.13. The number of nitrogens with zero attached hydrogens (tertiary/aromatic N) is 1. The van der Waals surface area contributed by atoms with Crippen LogP contribution in [0.5, 0.6) is 0 Å². The first-order chi connectivity index (χ1) is 7.29. The molecular weight excluding hydrogens is 194 g/mol. The van der Waals surface area contributed by atoms with E-state index in [0.29, 0.717) is 11.3 Å². The highest BCUT2D eigenvalue weighted by Crippen LogP contribution is 2.25. The summed E-state index contributed by atoms with van der Waals surface area (Å²) in [7, 11) is 0. The molecule has 0 fully saturated rings. The number of hydrogen-bond acceptors (Lipinski definition) is 1. The van der Waals surface area contributed by atoms with Gasteiger partial charge in [0, 0.05) is 11.4 Å². The molecule has 0 saturated carbocycles. The summed E-state index contributed by atoms with van der Waals surface area (Å²) in [6, 6.07) is 4.36. The van der Waals surface area contributed by atoms with Gasteiger partial charge in [-0.25, -0.2) is 0 Å². The van der Waals surface area contributed by atoms with Gasteiger partial charge in [-0.3, -0.25) is 4.98 Å². The predicted octanol–water partition coefficient (Wildman–Crippen LogP) is 4.49. The third kappa shape index (κ3) is 3.96. The van der Waals surface area contributed by atoms with E-state index in [-0.39, 0.29) is 0 Å². The topological polar surface area (TPSA) is 12.9 Å². The Morgan fingerprint density at radius 2 is 1.81 bits per heavy atom. The molecule has 0 spiro atoms. The van der Waals surface area contributed by atoms with Gasteiger partial charge in [-0.2, -0.15) is 0 Å². The molecule has 1 aromatic heterocycles. The molecular formula is C15H25N. The standard InChI is InChI=1S/C15H25N/c1-11(2)13-8-7-12(3)16-14(13)9-10-15(4,5)6/h7-8,11H,9-10H2,1-6H3. The van der Waals surface area contributed by atoms with Crippen LogP contribution in [0.3, 0.4) is 0 Å². The van der Waals surface area contributed by atoms with Crippen molar-refractivity contribution in [3.8, 4) is 0 Å². The first-order valence-corrected chi connectivity index (χ1v) is 6.26. The van der Waals surface area contributed by atoms with Crippen LogP contribution in [0.1, 0.15) is 63.9 Å². The molecule has 0 bridgehead atoms. The summed E-state index contributed by atoms with van der Waals surface area (Å²) in [6.07, 6.45) is 2.29. The van der Waals surface area contributed by atoms with Crippen molar-refractivity contribution in [1.82, 2.24) is 4.98 Å². The number of pyridine rings is 1. The van der Waals surface area contributed by atoms with Gasteiger partial charge in [-0.15, -0.1) is 0 Å². The second-order valence-electron chi connectivity index (χ2n) is 6.20. The summed E-state index contributed by atoms with van der Waals surface area (Å²) in [5.41, 5.74) is 4.23. The van der Waals surface area contributed by atoms with Gasteiger partial charge in [0.15, 0.2) is 0 Å². The Balaban J connectivity index is 2.88. The van der Waals surface area contributed by atoms with Crippen molar-refractivity contribution in [3.05, 3.63) is 29.1 Å². The van der Waals surface area contributed by atoms with E-state index in [1.165, 1.54) is 17.7 Å². The Bertz CT molecular complexity index is 345. The van der Waals surface area contributed by atoms with Crippen molar-refractivity contribution in [2.45, 2.75) is 60.3 Å². The molecule has 1 heteroatoms. The monoisotopic (exact) mass is 219 g/mol. The van der Waals surface area contributed by atoms with E-state index in [9.17, 15) is 0 Å². The molecule has 0 aliphatic carbocycles. The van der Waals surface area contributed by atoms with Gasteiger partial charge in [0.05, 0.1) is 0 Å². The van der Waals surface area contributed by atoms with E-state index in [0.717, 1.165) is 12.1 Å². The van der Waals surface area contributed by atoms with Crippen molar-refractivity contribution >= 4 is 0 Å². The number of rotatable bonds is 3. The molecule has 0 N–H and O–H groups in total. The summed E-state index contributed by atoms with van der Waals surface area (Å²) < 4.78 is 0. The molecule has 0 aliphatic rings. The largest absolute Gasteiger partial charge is 0.258 e.